The van der Waals surface area contributed by atoms with Crippen molar-refractivity contribution >= 4 is 118 Å². The van der Waals surface area contributed by atoms with Crippen molar-refractivity contribution in [2.24, 2.45) is 0 Å². The molecule has 0 aliphatic carbocycles. The van der Waals surface area contributed by atoms with E-state index in [4.69, 9.17) is 0 Å². The van der Waals surface area contributed by atoms with Crippen LogP contribution in [0.4, 0.5) is 51.2 Å². The molecule has 74 heavy (non-hydrogen) atoms. The molecule has 15 rings (SSSR count). The third kappa shape index (κ3) is 6.05. The van der Waals surface area contributed by atoms with Crippen molar-refractivity contribution in [1.29, 1.82) is 0 Å². The van der Waals surface area contributed by atoms with Gasteiger partial charge in [0.25, 0.3) is 6.71 Å². The van der Waals surface area contributed by atoms with Gasteiger partial charge in [0.05, 0.1) is 33.6 Å². The Morgan fingerprint density at radius 1 is 0.338 bits per heavy atom. The summed E-state index contributed by atoms with van der Waals surface area (Å²) < 4.78 is 5.19. The lowest BCUT2D eigenvalue weighted by Gasteiger charge is -2.43. The number of anilines is 9. The molecule has 0 fully saturated rings. The Morgan fingerprint density at radius 3 is 1.43 bits per heavy atom. The van der Waals surface area contributed by atoms with Crippen LogP contribution in [0.5, 0.6) is 0 Å². The Labute approximate surface area is 432 Å². The third-order valence-corrected chi connectivity index (χ3v) is 16.2. The quantitative estimate of drug-likeness (QED) is 0.155. The molecule has 0 radical (unpaired) electrons. The molecule has 2 aromatic heterocycles. The van der Waals surface area contributed by atoms with Gasteiger partial charge in [0, 0.05) is 72.6 Å². The van der Waals surface area contributed by atoms with E-state index < -0.39 is 0 Å². The SMILES string of the molecule is CC(C)(C)c1ccc2c(c1)c1cc(C(C)(C)C)cc3c1n2-c1cccc2c1N3c1cccc3c1B2c1cc(N(c2ccccc2)c2ccccc2)cc2c4cc(N(c5ccccc5)c5ccccc5)ccc4n-3c12. The van der Waals surface area contributed by atoms with Crippen molar-refractivity contribution in [2.45, 2.75) is 52.4 Å². The van der Waals surface area contributed by atoms with Crippen molar-refractivity contribution in [3.05, 3.63) is 230 Å². The van der Waals surface area contributed by atoms with E-state index in [0.29, 0.717) is 0 Å². The molecule has 5 heterocycles. The lowest BCUT2D eigenvalue weighted by molar-refractivity contribution is 0.590. The standard InChI is InChI=1S/C68H54BN5/c1-67(2,3)43-33-35-57-51(37-43)53-38-44(68(4,5)6)39-62-65(53)73(57)61-32-19-29-55-66(61)74(62)60-31-20-30-59-63(60)69(55)56-42-50(71(47-25-15-9-16-26-47)48-27-17-10-18-28-48)41-54-52-40-49(34-36-58(52)72(59)64(54)56)70(45-21-11-7-12-22-45)46-23-13-8-14-24-46/h7-42H,1-6H3. The Balaban J connectivity index is 1.06. The number of hydrogen-bond donors (Lipinski definition) is 0. The highest BCUT2D eigenvalue weighted by atomic mass is 15.2. The van der Waals surface area contributed by atoms with Crippen LogP contribution in [-0.4, -0.2) is 15.8 Å². The minimum Gasteiger partial charge on any atom is -0.311 e. The van der Waals surface area contributed by atoms with Crippen LogP contribution < -0.4 is 31.1 Å². The summed E-state index contributed by atoms with van der Waals surface area (Å²) >= 11 is 0. The molecule has 3 aliphatic heterocycles. The highest BCUT2D eigenvalue weighted by Crippen LogP contribution is 2.53. The monoisotopic (exact) mass is 951 g/mol. The van der Waals surface area contributed by atoms with Gasteiger partial charge in [-0.25, -0.2) is 0 Å². The summed E-state index contributed by atoms with van der Waals surface area (Å²) in [6.07, 6.45) is 0. The molecule has 5 nitrogen and oxygen atoms in total. The van der Waals surface area contributed by atoms with E-state index in [9.17, 15) is 0 Å². The Kier molecular flexibility index (Phi) is 8.92. The van der Waals surface area contributed by atoms with Crippen LogP contribution in [0.15, 0.2) is 218 Å². The van der Waals surface area contributed by atoms with E-state index in [2.05, 4.69) is 284 Å². The van der Waals surface area contributed by atoms with Crippen LogP contribution in [-0.2, 0) is 10.8 Å². The predicted octanol–water partition coefficient (Wildman–Crippen LogP) is 16.3. The summed E-state index contributed by atoms with van der Waals surface area (Å²) in [4.78, 5) is 7.48. The van der Waals surface area contributed by atoms with E-state index in [0.717, 1.165) is 34.1 Å². The van der Waals surface area contributed by atoms with Gasteiger partial charge < -0.3 is 23.8 Å². The summed E-state index contributed by atoms with van der Waals surface area (Å²) in [6.45, 7) is 14.0. The van der Waals surface area contributed by atoms with Crippen molar-refractivity contribution < 1.29 is 0 Å². The molecular weight excluding hydrogens is 898 g/mol. The molecule has 0 atom stereocenters. The normalized spacial score (nSPS) is 13.2. The van der Waals surface area contributed by atoms with Crippen LogP contribution in [0, 0.1) is 0 Å². The Hall–Kier alpha value is -8.74. The summed E-state index contributed by atoms with van der Waals surface area (Å²) in [5.41, 5.74) is 24.4. The van der Waals surface area contributed by atoms with Gasteiger partial charge in [-0.3, -0.25) is 0 Å². The number of nitrogens with zero attached hydrogens (tertiary/aromatic N) is 5. The second-order valence-electron chi connectivity index (χ2n) is 22.6. The van der Waals surface area contributed by atoms with Crippen molar-refractivity contribution in [3.63, 3.8) is 0 Å². The summed E-state index contributed by atoms with van der Waals surface area (Å²) in [5.74, 6) is 0. The fourth-order valence-corrected chi connectivity index (χ4v) is 12.8. The Bertz CT molecular complexity index is 4200. The first kappa shape index (κ1) is 42.9. The van der Waals surface area contributed by atoms with E-state index >= 15 is 0 Å². The van der Waals surface area contributed by atoms with Gasteiger partial charge in [-0.05, 0) is 160 Å². The third-order valence-electron chi connectivity index (χ3n) is 16.2. The average Bonchev–Trinajstić information content (AvgIpc) is 4.11. The maximum absolute atomic E-state index is 2.65. The van der Waals surface area contributed by atoms with Gasteiger partial charge in [-0.15, -0.1) is 0 Å². The van der Waals surface area contributed by atoms with Crippen LogP contribution in [0.2, 0.25) is 0 Å². The van der Waals surface area contributed by atoms with Crippen molar-refractivity contribution in [3.8, 4) is 11.4 Å². The molecule has 6 heteroatoms. The fraction of sp³-hybridized carbons (Fsp3) is 0.118. The molecule has 0 amide bonds. The zero-order valence-electron chi connectivity index (χ0n) is 42.6. The molecule has 354 valence electrons. The average molecular weight is 952 g/mol. The van der Waals surface area contributed by atoms with Gasteiger partial charge in [0.2, 0.25) is 0 Å². The van der Waals surface area contributed by atoms with Gasteiger partial charge >= 0.3 is 0 Å². The van der Waals surface area contributed by atoms with Crippen LogP contribution in [0.1, 0.15) is 52.7 Å². The number of para-hydroxylation sites is 5. The summed E-state index contributed by atoms with van der Waals surface area (Å²) in [6, 6.07) is 81.8. The van der Waals surface area contributed by atoms with Crippen molar-refractivity contribution in [2.75, 3.05) is 14.7 Å². The molecule has 0 saturated heterocycles. The topological polar surface area (TPSA) is 19.6 Å². The number of fused-ring (bicyclic) bond motifs is 12. The minimum absolute atomic E-state index is 0.00696. The first-order valence-corrected chi connectivity index (χ1v) is 26.1. The molecule has 10 aromatic carbocycles. The molecule has 0 spiro atoms. The molecular formula is C68H54BN5. The summed E-state index contributed by atoms with van der Waals surface area (Å²) in [7, 11) is 0. The van der Waals surface area contributed by atoms with Gasteiger partial charge in [-0.2, -0.15) is 0 Å². The maximum atomic E-state index is 2.65. The van der Waals surface area contributed by atoms with Crippen LogP contribution in [0.25, 0.3) is 55.0 Å². The van der Waals surface area contributed by atoms with Crippen LogP contribution in [0.3, 0.4) is 0 Å². The molecule has 12 aromatic rings. The van der Waals surface area contributed by atoms with Gasteiger partial charge in [-0.1, -0.05) is 139 Å². The number of aromatic nitrogens is 2. The van der Waals surface area contributed by atoms with E-state index in [1.807, 2.05) is 0 Å². The molecule has 0 saturated carbocycles. The van der Waals surface area contributed by atoms with E-state index in [-0.39, 0.29) is 17.5 Å². The van der Waals surface area contributed by atoms with Gasteiger partial charge in [0.15, 0.2) is 0 Å². The van der Waals surface area contributed by atoms with E-state index in [1.54, 1.807) is 0 Å². The predicted molar refractivity (Wildman–Crippen MR) is 315 cm³/mol. The number of benzene rings is 10. The first-order chi connectivity index (χ1) is 36.0. The molecule has 0 bridgehead atoms. The molecule has 0 N–H and O–H groups in total. The second-order valence-corrected chi connectivity index (χ2v) is 22.6. The molecule has 3 aliphatic rings. The number of rotatable bonds is 6. The van der Waals surface area contributed by atoms with Gasteiger partial charge in [0.1, 0.15) is 0 Å². The highest BCUT2D eigenvalue weighted by Gasteiger charge is 2.46. The minimum atomic E-state index is -0.0845. The zero-order chi connectivity index (χ0) is 49.8. The lowest BCUT2D eigenvalue weighted by atomic mass is 9.33. The van der Waals surface area contributed by atoms with E-state index in [1.165, 1.54) is 99.6 Å². The highest BCUT2D eigenvalue weighted by molar-refractivity contribution is 7.00. The summed E-state index contributed by atoms with van der Waals surface area (Å²) in [5, 5.41) is 5.05. The first-order valence-electron chi connectivity index (χ1n) is 26.1. The largest absolute Gasteiger partial charge is 0.311 e. The zero-order valence-corrected chi connectivity index (χ0v) is 42.6. The van der Waals surface area contributed by atoms with Crippen LogP contribution >= 0.6 is 0 Å². The second kappa shape index (κ2) is 15.4. The maximum Gasteiger partial charge on any atom is 0.252 e. The number of hydrogen-bond acceptors (Lipinski definition) is 3. The van der Waals surface area contributed by atoms with Crippen molar-refractivity contribution in [1.82, 2.24) is 9.13 Å². The Morgan fingerprint density at radius 2 is 0.824 bits per heavy atom. The smallest absolute Gasteiger partial charge is 0.252 e. The fourth-order valence-electron chi connectivity index (χ4n) is 12.8. The molecule has 0 unspecified atom stereocenters. The lowest BCUT2D eigenvalue weighted by Crippen LogP contribution is -2.61.